The molecule has 3 heteroatoms. The van der Waals surface area contributed by atoms with Crippen LogP contribution in [0.2, 0.25) is 0 Å². The first-order valence-electron chi connectivity index (χ1n) is 7.83. The van der Waals surface area contributed by atoms with Crippen LogP contribution < -0.4 is 0 Å². The second-order valence-corrected chi connectivity index (χ2v) is 5.92. The van der Waals surface area contributed by atoms with Gasteiger partial charge in [-0.15, -0.1) is 0 Å². The van der Waals surface area contributed by atoms with Crippen LogP contribution in [0.25, 0.3) is 11.1 Å². The highest BCUT2D eigenvalue weighted by molar-refractivity contribution is 5.79. The summed E-state index contributed by atoms with van der Waals surface area (Å²) in [4.78, 5) is 16.6. The predicted octanol–water partition coefficient (Wildman–Crippen LogP) is 2.67. The van der Waals surface area contributed by atoms with Crippen LogP contribution in [0, 0.1) is 0 Å². The SMILES string of the molecule is CN1CCN(C(=O)Cc2ccc(-c3ccccc3)cc2)CC1. The van der Waals surface area contributed by atoms with Gasteiger partial charge in [-0.1, -0.05) is 54.6 Å². The number of likely N-dealkylation sites (N-methyl/N-ethyl adjacent to an activating group) is 1. The zero-order chi connectivity index (χ0) is 15.4. The molecule has 1 amide bonds. The molecule has 1 saturated heterocycles. The Bertz CT molecular complexity index is 614. The van der Waals surface area contributed by atoms with E-state index in [0.29, 0.717) is 6.42 Å². The minimum Gasteiger partial charge on any atom is -0.340 e. The van der Waals surface area contributed by atoms with Crippen molar-refractivity contribution < 1.29 is 4.79 Å². The van der Waals surface area contributed by atoms with Crippen molar-refractivity contribution >= 4 is 5.91 Å². The van der Waals surface area contributed by atoms with Crippen molar-refractivity contribution in [2.45, 2.75) is 6.42 Å². The van der Waals surface area contributed by atoms with E-state index in [1.807, 2.05) is 23.1 Å². The molecule has 3 nitrogen and oxygen atoms in total. The van der Waals surface area contributed by atoms with Crippen molar-refractivity contribution in [2.24, 2.45) is 0 Å². The van der Waals surface area contributed by atoms with Gasteiger partial charge < -0.3 is 9.80 Å². The van der Waals surface area contributed by atoms with Crippen molar-refractivity contribution in [1.82, 2.24) is 9.80 Å². The number of amides is 1. The first kappa shape index (κ1) is 14.8. The van der Waals surface area contributed by atoms with E-state index in [1.54, 1.807) is 0 Å². The highest BCUT2D eigenvalue weighted by atomic mass is 16.2. The summed E-state index contributed by atoms with van der Waals surface area (Å²) in [6.07, 6.45) is 0.499. The summed E-state index contributed by atoms with van der Waals surface area (Å²) >= 11 is 0. The third-order valence-electron chi connectivity index (χ3n) is 4.27. The van der Waals surface area contributed by atoms with E-state index in [1.165, 1.54) is 11.1 Å². The van der Waals surface area contributed by atoms with Crippen LogP contribution in [-0.2, 0) is 11.2 Å². The van der Waals surface area contributed by atoms with Gasteiger partial charge in [0.25, 0.3) is 0 Å². The van der Waals surface area contributed by atoms with Crippen LogP contribution in [0.4, 0.5) is 0 Å². The van der Waals surface area contributed by atoms with E-state index in [2.05, 4.69) is 48.3 Å². The van der Waals surface area contributed by atoms with Gasteiger partial charge in [0.05, 0.1) is 6.42 Å². The van der Waals surface area contributed by atoms with Gasteiger partial charge in [0.1, 0.15) is 0 Å². The highest BCUT2D eigenvalue weighted by Gasteiger charge is 2.18. The number of hydrogen-bond donors (Lipinski definition) is 0. The van der Waals surface area contributed by atoms with Crippen molar-refractivity contribution in [1.29, 1.82) is 0 Å². The first-order valence-corrected chi connectivity index (χ1v) is 7.83. The highest BCUT2D eigenvalue weighted by Crippen LogP contribution is 2.19. The number of hydrogen-bond acceptors (Lipinski definition) is 2. The summed E-state index contributed by atoms with van der Waals surface area (Å²) in [5.41, 5.74) is 3.49. The molecule has 1 heterocycles. The number of benzene rings is 2. The minimum absolute atomic E-state index is 0.237. The monoisotopic (exact) mass is 294 g/mol. The molecule has 3 rings (SSSR count). The normalized spacial score (nSPS) is 15.8. The molecule has 1 fully saturated rings. The number of carbonyl (C=O) groups excluding carboxylic acids is 1. The Morgan fingerprint density at radius 3 is 2.09 bits per heavy atom. The molecule has 0 unspecified atom stereocenters. The second-order valence-electron chi connectivity index (χ2n) is 5.92. The lowest BCUT2D eigenvalue weighted by Crippen LogP contribution is -2.47. The molecular formula is C19H22N2O. The van der Waals surface area contributed by atoms with Gasteiger partial charge in [-0.05, 0) is 23.7 Å². The molecular weight excluding hydrogens is 272 g/mol. The van der Waals surface area contributed by atoms with Crippen LogP contribution in [0.5, 0.6) is 0 Å². The predicted molar refractivity (Wildman–Crippen MR) is 89.7 cm³/mol. The zero-order valence-electron chi connectivity index (χ0n) is 13.0. The average molecular weight is 294 g/mol. The number of piperazine rings is 1. The van der Waals surface area contributed by atoms with Gasteiger partial charge >= 0.3 is 0 Å². The minimum atomic E-state index is 0.237. The summed E-state index contributed by atoms with van der Waals surface area (Å²) < 4.78 is 0. The van der Waals surface area contributed by atoms with Crippen LogP contribution in [0.3, 0.4) is 0 Å². The van der Waals surface area contributed by atoms with Gasteiger partial charge in [0.15, 0.2) is 0 Å². The van der Waals surface area contributed by atoms with E-state index in [-0.39, 0.29) is 5.91 Å². The molecule has 22 heavy (non-hydrogen) atoms. The molecule has 0 radical (unpaired) electrons. The number of nitrogens with zero attached hydrogens (tertiary/aromatic N) is 2. The number of rotatable bonds is 3. The van der Waals surface area contributed by atoms with E-state index in [4.69, 9.17) is 0 Å². The smallest absolute Gasteiger partial charge is 0.227 e. The molecule has 2 aromatic rings. The van der Waals surface area contributed by atoms with Gasteiger partial charge in [0, 0.05) is 26.2 Å². The van der Waals surface area contributed by atoms with Crippen LogP contribution in [0.1, 0.15) is 5.56 Å². The summed E-state index contributed by atoms with van der Waals surface area (Å²) in [5, 5.41) is 0. The van der Waals surface area contributed by atoms with Gasteiger partial charge in [-0.25, -0.2) is 0 Å². The van der Waals surface area contributed by atoms with Gasteiger partial charge in [0.2, 0.25) is 5.91 Å². The molecule has 1 aliphatic rings. The molecule has 0 spiro atoms. The van der Waals surface area contributed by atoms with Gasteiger partial charge in [-0.3, -0.25) is 4.79 Å². The summed E-state index contributed by atoms with van der Waals surface area (Å²) in [6.45, 7) is 3.63. The molecule has 1 aliphatic heterocycles. The number of carbonyl (C=O) groups is 1. The molecule has 0 N–H and O–H groups in total. The van der Waals surface area contributed by atoms with Crippen LogP contribution in [-0.4, -0.2) is 48.9 Å². The fourth-order valence-electron chi connectivity index (χ4n) is 2.79. The van der Waals surface area contributed by atoms with E-state index in [0.717, 1.165) is 31.7 Å². The largest absolute Gasteiger partial charge is 0.340 e. The Labute approximate surface area is 132 Å². The molecule has 114 valence electrons. The summed E-state index contributed by atoms with van der Waals surface area (Å²) in [7, 11) is 2.10. The Morgan fingerprint density at radius 1 is 0.864 bits per heavy atom. The third-order valence-corrected chi connectivity index (χ3v) is 4.27. The maximum atomic E-state index is 12.3. The molecule has 0 bridgehead atoms. The Kier molecular flexibility index (Phi) is 4.54. The van der Waals surface area contributed by atoms with Gasteiger partial charge in [-0.2, -0.15) is 0 Å². The molecule has 0 aliphatic carbocycles. The molecule has 0 saturated carbocycles. The quantitative estimate of drug-likeness (QED) is 0.869. The Balaban J connectivity index is 1.62. The molecule has 0 atom stereocenters. The average Bonchev–Trinajstić information content (AvgIpc) is 2.57. The first-order chi connectivity index (χ1) is 10.7. The maximum absolute atomic E-state index is 12.3. The van der Waals surface area contributed by atoms with E-state index >= 15 is 0 Å². The molecule has 2 aromatic carbocycles. The molecule has 0 aromatic heterocycles. The maximum Gasteiger partial charge on any atom is 0.227 e. The lowest BCUT2D eigenvalue weighted by atomic mass is 10.0. The van der Waals surface area contributed by atoms with Crippen molar-refractivity contribution in [3.05, 3.63) is 60.2 Å². The van der Waals surface area contributed by atoms with Crippen molar-refractivity contribution in [2.75, 3.05) is 33.2 Å². The van der Waals surface area contributed by atoms with Crippen LogP contribution in [0.15, 0.2) is 54.6 Å². The lowest BCUT2D eigenvalue weighted by Gasteiger charge is -2.32. The lowest BCUT2D eigenvalue weighted by molar-refractivity contribution is -0.132. The van der Waals surface area contributed by atoms with E-state index < -0.39 is 0 Å². The summed E-state index contributed by atoms with van der Waals surface area (Å²) in [6, 6.07) is 18.6. The van der Waals surface area contributed by atoms with Crippen LogP contribution >= 0.6 is 0 Å². The Hall–Kier alpha value is -2.13. The third kappa shape index (κ3) is 3.55. The zero-order valence-corrected chi connectivity index (χ0v) is 13.0. The standard InChI is InChI=1S/C19H22N2O/c1-20-11-13-21(14-12-20)19(22)15-16-7-9-18(10-8-16)17-5-3-2-4-6-17/h2-10H,11-15H2,1H3. The topological polar surface area (TPSA) is 23.6 Å². The van der Waals surface area contributed by atoms with Crippen molar-refractivity contribution in [3.8, 4) is 11.1 Å². The second kappa shape index (κ2) is 6.75. The Morgan fingerprint density at radius 2 is 1.45 bits per heavy atom. The summed E-state index contributed by atoms with van der Waals surface area (Å²) in [5.74, 6) is 0.237. The fourth-order valence-corrected chi connectivity index (χ4v) is 2.79. The van der Waals surface area contributed by atoms with Crippen molar-refractivity contribution in [3.63, 3.8) is 0 Å². The fraction of sp³-hybridized carbons (Fsp3) is 0.316. The van der Waals surface area contributed by atoms with E-state index in [9.17, 15) is 4.79 Å².